The molecule has 2 aliphatic heterocycles. The molecule has 3 heteroatoms. The van der Waals surface area contributed by atoms with Crippen LogP contribution in [0.15, 0.2) is 30.3 Å². The van der Waals surface area contributed by atoms with E-state index in [2.05, 4.69) is 54.4 Å². The quantitative estimate of drug-likeness (QED) is 0.921. The minimum Gasteiger partial charge on any atom is -0.371 e. The van der Waals surface area contributed by atoms with Crippen LogP contribution in [-0.2, 0) is 11.2 Å². The predicted molar refractivity (Wildman–Crippen MR) is 86.6 cm³/mol. The molecule has 1 aromatic carbocycles. The first-order valence-corrected chi connectivity index (χ1v) is 8.28. The molecule has 2 atom stereocenters. The van der Waals surface area contributed by atoms with Crippen molar-refractivity contribution in [2.75, 3.05) is 26.2 Å². The third kappa shape index (κ3) is 4.29. The molecule has 0 saturated carbocycles. The molecule has 0 aromatic heterocycles. The van der Waals surface area contributed by atoms with E-state index in [-0.39, 0.29) is 5.60 Å². The van der Waals surface area contributed by atoms with Gasteiger partial charge in [0, 0.05) is 32.2 Å². The zero-order valence-electron chi connectivity index (χ0n) is 13.3. The second-order valence-electron chi connectivity index (χ2n) is 7.14. The maximum absolute atomic E-state index is 6.14. The lowest BCUT2D eigenvalue weighted by molar-refractivity contribution is -0.0313. The lowest BCUT2D eigenvalue weighted by Crippen LogP contribution is -2.53. The SMILES string of the molecule is CC1(C)CCC(CN2CCNC(Cc3ccccc3)C2)O1. The molecular weight excluding hydrogens is 260 g/mol. The molecule has 2 unspecified atom stereocenters. The minimum absolute atomic E-state index is 0.0855. The van der Waals surface area contributed by atoms with Gasteiger partial charge in [-0.3, -0.25) is 4.90 Å². The van der Waals surface area contributed by atoms with E-state index in [9.17, 15) is 0 Å². The Kier molecular flexibility index (Phi) is 4.63. The fourth-order valence-corrected chi connectivity index (χ4v) is 3.59. The molecule has 116 valence electrons. The number of hydrogen-bond donors (Lipinski definition) is 1. The van der Waals surface area contributed by atoms with E-state index in [1.54, 1.807) is 0 Å². The summed E-state index contributed by atoms with van der Waals surface area (Å²) in [5.41, 5.74) is 1.51. The fraction of sp³-hybridized carbons (Fsp3) is 0.667. The van der Waals surface area contributed by atoms with E-state index >= 15 is 0 Å². The first kappa shape index (κ1) is 15.0. The van der Waals surface area contributed by atoms with Crippen LogP contribution < -0.4 is 5.32 Å². The van der Waals surface area contributed by atoms with E-state index in [4.69, 9.17) is 4.74 Å². The van der Waals surface area contributed by atoms with Gasteiger partial charge in [0.05, 0.1) is 11.7 Å². The van der Waals surface area contributed by atoms with Crippen LogP contribution in [0, 0.1) is 0 Å². The molecule has 21 heavy (non-hydrogen) atoms. The van der Waals surface area contributed by atoms with E-state index in [1.165, 1.54) is 18.4 Å². The van der Waals surface area contributed by atoms with Crippen molar-refractivity contribution < 1.29 is 4.74 Å². The highest BCUT2D eigenvalue weighted by atomic mass is 16.5. The van der Waals surface area contributed by atoms with Crippen LogP contribution in [0.2, 0.25) is 0 Å². The average Bonchev–Trinajstić information content (AvgIpc) is 2.79. The summed E-state index contributed by atoms with van der Waals surface area (Å²) in [5, 5.41) is 3.66. The number of rotatable bonds is 4. The molecular formula is C18H28N2O. The molecule has 2 saturated heterocycles. The number of ether oxygens (including phenoxy) is 1. The third-order valence-corrected chi connectivity index (χ3v) is 4.68. The number of nitrogens with one attached hydrogen (secondary N) is 1. The van der Waals surface area contributed by atoms with Crippen molar-refractivity contribution in [3.63, 3.8) is 0 Å². The minimum atomic E-state index is 0.0855. The molecule has 1 N–H and O–H groups in total. The van der Waals surface area contributed by atoms with Gasteiger partial charge in [0.2, 0.25) is 0 Å². The van der Waals surface area contributed by atoms with E-state index in [1.807, 2.05) is 0 Å². The van der Waals surface area contributed by atoms with Gasteiger partial charge >= 0.3 is 0 Å². The predicted octanol–water partition coefficient (Wildman–Crippen LogP) is 2.46. The summed E-state index contributed by atoms with van der Waals surface area (Å²) >= 11 is 0. The lowest BCUT2D eigenvalue weighted by atomic mass is 10.0. The molecule has 3 rings (SSSR count). The summed E-state index contributed by atoms with van der Waals surface area (Å²) in [6, 6.07) is 11.4. The van der Waals surface area contributed by atoms with Crippen molar-refractivity contribution in [1.82, 2.24) is 10.2 Å². The summed E-state index contributed by atoms with van der Waals surface area (Å²) < 4.78 is 6.14. The van der Waals surface area contributed by atoms with Crippen LogP contribution in [0.5, 0.6) is 0 Å². The van der Waals surface area contributed by atoms with Gasteiger partial charge in [0.15, 0.2) is 0 Å². The zero-order chi connectivity index (χ0) is 14.7. The highest BCUT2D eigenvalue weighted by molar-refractivity contribution is 5.16. The van der Waals surface area contributed by atoms with Crippen molar-refractivity contribution >= 4 is 0 Å². The Morgan fingerprint density at radius 3 is 2.81 bits per heavy atom. The van der Waals surface area contributed by atoms with Crippen molar-refractivity contribution in [2.24, 2.45) is 0 Å². The van der Waals surface area contributed by atoms with Crippen molar-refractivity contribution in [1.29, 1.82) is 0 Å². The fourth-order valence-electron chi connectivity index (χ4n) is 3.59. The average molecular weight is 288 g/mol. The van der Waals surface area contributed by atoms with E-state index < -0.39 is 0 Å². The number of benzene rings is 1. The maximum Gasteiger partial charge on any atom is 0.0710 e. The van der Waals surface area contributed by atoms with Gasteiger partial charge in [0.1, 0.15) is 0 Å². The van der Waals surface area contributed by atoms with Crippen LogP contribution in [0.4, 0.5) is 0 Å². The maximum atomic E-state index is 6.14. The van der Waals surface area contributed by atoms with Crippen molar-refractivity contribution in [3.8, 4) is 0 Å². The van der Waals surface area contributed by atoms with Gasteiger partial charge in [0.25, 0.3) is 0 Å². The molecule has 0 spiro atoms. The van der Waals surface area contributed by atoms with Crippen molar-refractivity contribution in [3.05, 3.63) is 35.9 Å². The van der Waals surface area contributed by atoms with Gasteiger partial charge in [-0.15, -0.1) is 0 Å². The molecule has 0 bridgehead atoms. The number of hydrogen-bond acceptors (Lipinski definition) is 3. The molecule has 0 radical (unpaired) electrons. The largest absolute Gasteiger partial charge is 0.371 e. The van der Waals surface area contributed by atoms with Gasteiger partial charge in [-0.1, -0.05) is 30.3 Å². The summed E-state index contributed by atoms with van der Waals surface area (Å²) in [7, 11) is 0. The molecule has 3 nitrogen and oxygen atoms in total. The second kappa shape index (κ2) is 6.47. The van der Waals surface area contributed by atoms with Gasteiger partial charge < -0.3 is 10.1 Å². The first-order chi connectivity index (χ1) is 10.1. The first-order valence-electron chi connectivity index (χ1n) is 8.28. The van der Waals surface area contributed by atoms with Crippen LogP contribution in [0.25, 0.3) is 0 Å². The summed E-state index contributed by atoms with van der Waals surface area (Å²) in [6.07, 6.45) is 3.95. The molecule has 2 fully saturated rings. The second-order valence-corrected chi connectivity index (χ2v) is 7.14. The Labute approximate surface area is 128 Å². The Morgan fingerprint density at radius 2 is 2.10 bits per heavy atom. The smallest absolute Gasteiger partial charge is 0.0710 e. The summed E-state index contributed by atoms with van der Waals surface area (Å²) in [5.74, 6) is 0. The van der Waals surface area contributed by atoms with E-state index in [0.29, 0.717) is 12.1 Å². The Bertz CT molecular complexity index is 446. The number of nitrogens with zero attached hydrogens (tertiary/aromatic N) is 1. The summed E-state index contributed by atoms with van der Waals surface area (Å²) in [4.78, 5) is 2.58. The Morgan fingerprint density at radius 1 is 1.29 bits per heavy atom. The highest BCUT2D eigenvalue weighted by Crippen LogP contribution is 2.29. The molecule has 0 aliphatic carbocycles. The van der Waals surface area contributed by atoms with E-state index in [0.717, 1.165) is 32.6 Å². The van der Waals surface area contributed by atoms with Crippen LogP contribution in [0.3, 0.4) is 0 Å². The molecule has 2 aliphatic rings. The monoisotopic (exact) mass is 288 g/mol. The molecule has 2 heterocycles. The van der Waals surface area contributed by atoms with Crippen LogP contribution in [-0.4, -0.2) is 48.8 Å². The topological polar surface area (TPSA) is 24.5 Å². The Hall–Kier alpha value is -0.900. The van der Waals surface area contributed by atoms with Crippen molar-refractivity contribution in [2.45, 2.75) is 50.9 Å². The summed E-state index contributed by atoms with van der Waals surface area (Å²) in [6.45, 7) is 8.89. The third-order valence-electron chi connectivity index (χ3n) is 4.68. The van der Waals surface area contributed by atoms with Gasteiger partial charge in [-0.05, 0) is 38.7 Å². The molecule has 1 aromatic rings. The zero-order valence-corrected chi connectivity index (χ0v) is 13.3. The van der Waals surface area contributed by atoms with Crippen LogP contribution in [0.1, 0.15) is 32.3 Å². The standard InChI is InChI=1S/C18H28N2O/c1-18(2)9-8-17(21-18)14-20-11-10-19-16(13-20)12-15-6-4-3-5-7-15/h3-7,16-17,19H,8-14H2,1-2H3. The molecule has 0 amide bonds. The van der Waals surface area contributed by atoms with Gasteiger partial charge in [-0.2, -0.15) is 0 Å². The lowest BCUT2D eigenvalue weighted by Gasteiger charge is -2.35. The van der Waals surface area contributed by atoms with Crippen LogP contribution >= 0.6 is 0 Å². The number of piperazine rings is 1. The normalized spacial score (nSPS) is 29.6. The Balaban J connectivity index is 1.49. The van der Waals surface area contributed by atoms with Gasteiger partial charge in [-0.25, -0.2) is 0 Å². The highest BCUT2D eigenvalue weighted by Gasteiger charge is 2.33.